The zero-order chi connectivity index (χ0) is 11.6. The standard InChI is InChI=1S/C13H27NO/c1-9(2)7-10(3)15-12-8-11(14-6)13(12,4)5/h9-12,14H,7-8H2,1-6H3. The third-order valence-electron chi connectivity index (χ3n) is 3.73. The first kappa shape index (κ1) is 13.0. The molecule has 3 atom stereocenters. The van der Waals surface area contributed by atoms with E-state index in [0.29, 0.717) is 23.7 Å². The van der Waals surface area contributed by atoms with Crippen molar-refractivity contribution in [2.24, 2.45) is 11.3 Å². The summed E-state index contributed by atoms with van der Waals surface area (Å²) in [5.41, 5.74) is 0.292. The van der Waals surface area contributed by atoms with Gasteiger partial charge in [0.2, 0.25) is 0 Å². The number of hydrogen-bond donors (Lipinski definition) is 1. The second-order valence-electron chi connectivity index (χ2n) is 5.96. The molecule has 0 aromatic carbocycles. The van der Waals surface area contributed by atoms with E-state index in [9.17, 15) is 0 Å². The molecule has 0 heterocycles. The highest BCUT2D eigenvalue weighted by molar-refractivity contribution is 5.02. The molecule has 0 radical (unpaired) electrons. The second kappa shape index (κ2) is 4.84. The summed E-state index contributed by atoms with van der Waals surface area (Å²) in [6, 6.07) is 0.619. The Morgan fingerprint density at radius 1 is 1.33 bits per heavy atom. The van der Waals surface area contributed by atoms with Crippen molar-refractivity contribution in [2.45, 2.75) is 65.7 Å². The van der Waals surface area contributed by atoms with Crippen LogP contribution in [0.2, 0.25) is 0 Å². The molecule has 3 unspecified atom stereocenters. The molecule has 2 nitrogen and oxygen atoms in total. The zero-order valence-corrected chi connectivity index (χ0v) is 11.1. The monoisotopic (exact) mass is 213 g/mol. The highest BCUT2D eigenvalue weighted by atomic mass is 16.5. The quantitative estimate of drug-likeness (QED) is 0.758. The molecule has 0 bridgehead atoms. The van der Waals surface area contributed by atoms with Gasteiger partial charge in [0.1, 0.15) is 0 Å². The van der Waals surface area contributed by atoms with Gasteiger partial charge in [-0.15, -0.1) is 0 Å². The Bertz CT molecular complexity index is 201. The number of hydrogen-bond acceptors (Lipinski definition) is 2. The molecule has 0 spiro atoms. The summed E-state index contributed by atoms with van der Waals surface area (Å²) in [5, 5.41) is 3.36. The minimum absolute atomic E-state index is 0.292. The van der Waals surface area contributed by atoms with E-state index in [4.69, 9.17) is 4.74 Å². The molecule has 1 aliphatic rings. The van der Waals surface area contributed by atoms with Gasteiger partial charge in [-0.1, -0.05) is 27.7 Å². The van der Waals surface area contributed by atoms with Gasteiger partial charge in [-0.3, -0.25) is 0 Å². The number of nitrogens with one attached hydrogen (secondary N) is 1. The Morgan fingerprint density at radius 3 is 2.33 bits per heavy atom. The van der Waals surface area contributed by atoms with Crippen LogP contribution < -0.4 is 5.32 Å². The highest BCUT2D eigenvalue weighted by Crippen LogP contribution is 2.43. The Kier molecular flexibility index (Phi) is 4.19. The van der Waals surface area contributed by atoms with Gasteiger partial charge in [-0.05, 0) is 32.7 Å². The van der Waals surface area contributed by atoms with Crippen LogP contribution in [0.25, 0.3) is 0 Å². The molecule has 1 N–H and O–H groups in total. The minimum atomic E-state index is 0.292. The molecule has 1 rings (SSSR count). The van der Waals surface area contributed by atoms with Gasteiger partial charge >= 0.3 is 0 Å². The average Bonchev–Trinajstić information content (AvgIpc) is 2.10. The summed E-state index contributed by atoms with van der Waals surface area (Å²) in [7, 11) is 2.04. The molecule has 1 aliphatic carbocycles. The van der Waals surface area contributed by atoms with Crippen LogP contribution in [-0.4, -0.2) is 25.3 Å². The third-order valence-corrected chi connectivity index (χ3v) is 3.73. The van der Waals surface area contributed by atoms with Crippen LogP contribution in [0.5, 0.6) is 0 Å². The summed E-state index contributed by atoms with van der Waals surface area (Å²) in [6.45, 7) is 11.3. The van der Waals surface area contributed by atoms with Gasteiger partial charge in [0.05, 0.1) is 12.2 Å². The molecular weight excluding hydrogens is 186 g/mol. The van der Waals surface area contributed by atoms with Crippen LogP contribution in [0.3, 0.4) is 0 Å². The van der Waals surface area contributed by atoms with E-state index in [1.165, 1.54) is 0 Å². The largest absolute Gasteiger partial charge is 0.375 e. The van der Waals surface area contributed by atoms with Crippen molar-refractivity contribution in [3.63, 3.8) is 0 Å². The van der Waals surface area contributed by atoms with E-state index in [-0.39, 0.29) is 0 Å². The van der Waals surface area contributed by atoms with Crippen molar-refractivity contribution in [3.8, 4) is 0 Å². The van der Waals surface area contributed by atoms with Gasteiger partial charge in [0.25, 0.3) is 0 Å². The maximum atomic E-state index is 6.10. The van der Waals surface area contributed by atoms with Gasteiger partial charge in [-0.2, -0.15) is 0 Å². The maximum Gasteiger partial charge on any atom is 0.0659 e. The molecule has 90 valence electrons. The summed E-state index contributed by atoms with van der Waals surface area (Å²) in [6.07, 6.45) is 3.15. The first-order chi connectivity index (χ1) is 6.87. The molecule has 1 fully saturated rings. The van der Waals surface area contributed by atoms with Crippen molar-refractivity contribution in [1.82, 2.24) is 5.32 Å². The molecule has 15 heavy (non-hydrogen) atoms. The smallest absolute Gasteiger partial charge is 0.0659 e. The first-order valence-electron chi connectivity index (χ1n) is 6.20. The highest BCUT2D eigenvalue weighted by Gasteiger charge is 2.48. The molecule has 0 aliphatic heterocycles. The number of ether oxygens (including phenoxy) is 1. The average molecular weight is 213 g/mol. The van der Waals surface area contributed by atoms with Crippen molar-refractivity contribution in [1.29, 1.82) is 0 Å². The lowest BCUT2D eigenvalue weighted by Gasteiger charge is -2.52. The molecule has 1 saturated carbocycles. The second-order valence-corrected chi connectivity index (χ2v) is 5.96. The predicted octanol–water partition coefficient (Wildman–Crippen LogP) is 2.82. The SMILES string of the molecule is CNC1CC(OC(C)CC(C)C)C1(C)C. The van der Waals surface area contributed by atoms with Gasteiger partial charge in [0.15, 0.2) is 0 Å². The minimum Gasteiger partial charge on any atom is -0.375 e. The van der Waals surface area contributed by atoms with Gasteiger partial charge < -0.3 is 10.1 Å². The normalized spacial score (nSPS) is 31.4. The molecule has 0 saturated heterocycles. The Hall–Kier alpha value is -0.0800. The van der Waals surface area contributed by atoms with Crippen molar-refractivity contribution >= 4 is 0 Å². The number of rotatable bonds is 5. The van der Waals surface area contributed by atoms with E-state index in [1.54, 1.807) is 0 Å². The van der Waals surface area contributed by atoms with Crippen LogP contribution in [0.4, 0.5) is 0 Å². The van der Waals surface area contributed by atoms with E-state index >= 15 is 0 Å². The Labute approximate surface area is 94.8 Å². The van der Waals surface area contributed by atoms with E-state index in [1.807, 2.05) is 7.05 Å². The molecule has 0 aromatic heterocycles. The third kappa shape index (κ3) is 2.94. The van der Waals surface area contributed by atoms with Crippen molar-refractivity contribution in [3.05, 3.63) is 0 Å². The summed E-state index contributed by atoms with van der Waals surface area (Å²) in [5.74, 6) is 0.725. The fourth-order valence-corrected chi connectivity index (χ4v) is 2.61. The lowest BCUT2D eigenvalue weighted by molar-refractivity contribution is -0.145. The molecule has 2 heteroatoms. The summed E-state index contributed by atoms with van der Waals surface area (Å²) in [4.78, 5) is 0. The molecular formula is C13H27NO. The van der Waals surface area contributed by atoms with E-state index in [2.05, 4.69) is 39.9 Å². The van der Waals surface area contributed by atoms with Crippen molar-refractivity contribution < 1.29 is 4.74 Å². The first-order valence-corrected chi connectivity index (χ1v) is 6.20. The fraction of sp³-hybridized carbons (Fsp3) is 1.00. The van der Waals surface area contributed by atoms with Gasteiger partial charge in [0, 0.05) is 11.5 Å². The predicted molar refractivity (Wildman–Crippen MR) is 65.0 cm³/mol. The molecule has 0 amide bonds. The van der Waals surface area contributed by atoms with Crippen LogP contribution in [0.15, 0.2) is 0 Å². The fourth-order valence-electron chi connectivity index (χ4n) is 2.61. The van der Waals surface area contributed by atoms with Crippen molar-refractivity contribution in [2.75, 3.05) is 7.05 Å². The Balaban J connectivity index is 2.35. The Morgan fingerprint density at radius 2 is 1.93 bits per heavy atom. The van der Waals surface area contributed by atoms with E-state index < -0.39 is 0 Å². The van der Waals surface area contributed by atoms with Crippen LogP contribution in [0.1, 0.15) is 47.5 Å². The maximum absolute atomic E-state index is 6.10. The lowest BCUT2D eigenvalue weighted by Crippen LogP contribution is -2.60. The van der Waals surface area contributed by atoms with Gasteiger partial charge in [-0.25, -0.2) is 0 Å². The van der Waals surface area contributed by atoms with Crippen LogP contribution in [-0.2, 0) is 4.74 Å². The summed E-state index contributed by atoms with van der Waals surface area (Å²) >= 11 is 0. The van der Waals surface area contributed by atoms with Crippen LogP contribution >= 0.6 is 0 Å². The zero-order valence-electron chi connectivity index (χ0n) is 11.1. The van der Waals surface area contributed by atoms with E-state index in [0.717, 1.165) is 18.8 Å². The molecule has 0 aromatic rings. The summed E-state index contributed by atoms with van der Waals surface area (Å²) < 4.78 is 6.10. The topological polar surface area (TPSA) is 21.3 Å². The lowest BCUT2D eigenvalue weighted by atomic mass is 9.64. The van der Waals surface area contributed by atoms with Crippen LogP contribution in [0, 0.1) is 11.3 Å².